The van der Waals surface area contributed by atoms with Gasteiger partial charge < -0.3 is 25.3 Å². The van der Waals surface area contributed by atoms with Crippen molar-refractivity contribution in [2.24, 2.45) is 10.2 Å². The molecule has 124 valence electrons. The first kappa shape index (κ1) is 15.8. The normalized spacial score (nSPS) is 16.5. The highest BCUT2D eigenvalue weighted by Gasteiger charge is 2.28. The molecule has 1 saturated heterocycles. The van der Waals surface area contributed by atoms with E-state index in [1.807, 2.05) is 6.07 Å². The number of halogens is 1. The first-order valence-electron chi connectivity index (χ1n) is 6.89. The molecule has 0 atom stereocenters. The Hall–Kier alpha value is -3.08. The van der Waals surface area contributed by atoms with Crippen LogP contribution in [0.15, 0.2) is 46.5 Å². The van der Waals surface area contributed by atoms with E-state index in [2.05, 4.69) is 35.7 Å². The van der Waals surface area contributed by atoms with Crippen molar-refractivity contribution < 1.29 is 4.92 Å². The molecule has 2 aromatic heterocycles. The minimum atomic E-state index is -0.597. The van der Waals surface area contributed by atoms with Gasteiger partial charge in [0.25, 0.3) is 5.95 Å². The smallest absolute Gasteiger partial charge is 0.363 e. The largest absolute Gasteiger partial charge is 0.431 e. The molecule has 0 aromatic carbocycles. The number of nitro groups is 1. The van der Waals surface area contributed by atoms with E-state index < -0.39 is 10.7 Å². The zero-order chi connectivity index (χ0) is 16.9. The van der Waals surface area contributed by atoms with Crippen LogP contribution in [0.3, 0.4) is 0 Å². The molecule has 2 N–H and O–H groups in total. The van der Waals surface area contributed by atoms with Crippen molar-refractivity contribution in [3.63, 3.8) is 0 Å². The maximum Gasteiger partial charge on any atom is 0.431 e. The van der Waals surface area contributed by atoms with Crippen molar-refractivity contribution in [3.8, 4) is 0 Å². The number of H-pyrrole nitrogens is 1. The van der Waals surface area contributed by atoms with Gasteiger partial charge in [0.15, 0.2) is 0 Å². The highest BCUT2D eigenvalue weighted by molar-refractivity contribution is 6.29. The fourth-order valence-corrected chi connectivity index (χ4v) is 2.26. The molecule has 0 amide bonds. The summed E-state index contributed by atoms with van der Waals surface area (Å²) in [6.07, 6.45) is 2.93. The third kappa shape index (κ3) is 3.63. The second-order valence-electron chi connectivity index (χ2n) is 4.78. The van der Waals surface area contributed by atoms with Gasteiger partial charge in [0.1, 0.15) is 11.5 Å². The highest BCUT2D eigenvalue weighted by atomic mass is 35.5. The van der Waals surface area contributed by atoms with Crippen molar-refractivity contribution in [1.82, 2.24) is 30.4 Å². The number of pyridine rings is 1. The first-order chi connectivity index (χ1) is 11.6. The van der Waals surface area contributed by atoms with E-state index in [-0.39, 0.29) is 5.95 Å². The Bertz CT molecular complexity index is 772. The molecular weight excluding hydrogens is 338 g/mol. The summed E-state index contributed by atoms with van der Waals surface area (Å²) < 4.78 is 0. The Labute approximate surface area is 140 Å². The molecule has 1 fully saturated rings. The average molecular weight is 350 g/mol. The molecule has 0 spiro atoms. The van der Waals surface area contributed by atoms with Crippen LogP contribution in [-0.2, 0) is 6.54 Å². The molecule has 0 bridgehead atoms. The molecule has 2 aromatic rings. The van der Waals surface area contributed by atoms with Gasteiger partial charge in [-0.2, -0.15) is 0 Å². The van der Waals surface area contributed by atoms with Crippen molar-refractivity contribution in [2.45, 2.75) is 6.54 Å². The molecule has 0 saturated carbocycles. The van der Waals surface area contributed by atoms with E-state index in [0.29, 0.717) is 30.6 Å². The monoisotopic (exact) mass is 349 g/mol. The second kappa shape index (κ2) is 7.00. The van der Waals surface area contributed by atoms with Gasteiger partial charge in [-0.3, -0.25) is 0 Å². The van der Waals surface area contributed by atoms with Crippen LogP contribution < -0.4 is 5.32 Å². The lowest BCUT2D eigenvalue weighted by Gasteiger charge is -2.17. The molecular formula is C12H12ClN9O2. The number of azo groups is 1. The fraction of sp³-hybridized carbons (Fsp3) is 0.250. The second-order valence-corrected chi connectivity index (χ2v) is 5.17. The number of aromatic amines is 1. The fourth-order valence-electron chi connectivity index (χ4n) is 2.14. The van der Waals surface area contributed by atoms with Gasteiger partial charge in [0.05, 0.1) is 5.11 Å². The van der Waals surface area contributed by atoms with Gasteiger partial charge in [-0.15, -0.1) is 10.2 Å². The van der Waals surface area contributed by atoms with Crippen LogP contribution in [0.5, 0.6) is 0 Å². The van der Waals surface area contributed by atoms with Gasteiger partial charge in [-0.05, 0) is 16.6 Å². The molecule has 1 aliphatic rings. The van der Waals surface area contributed by atoms with E-state index in [0.717, 1.165) is 5.56 Å². The lowest BCUT2D eigenvalue weighted by Crippen LogP contribution is -2.23. The Morgan fingerprint density at radius 3 is 3.04 bits per heavy atom. The number of nitrogens with zero attached hydrogens (tertiary/aromatic N) is 7. The Morgan fingerprint density at radius 2 is 2.38 bits per heavy atom. The minimum absolute atomic E-state index is 0.0846. The average Bonchev–Trinajstić information content (AvgIpc) is 3.22. The minimum Gasteiger partial charge on any atom is -0.363 e. The lowest BCUT2D eigenvalue weighted by atomic mass is 10.2. The summed E-state index contributed by atoms with van der Waals surface area (Å²) in [6, 6.07) is 3.48. The zero-order valence-corrected chi connectivity index (χ0v) is 13.0. The maximum absolute atomic E-state index is 11.3. The van der Waals surface area contributed by atoms with Gasteiger partial charge >= 0.3 is 5.82 Å². The maximum atomic E-state index is 11.3. The quantitative estimate of drug-likeness (QED) is 0.360. The molecule has 11 nitrogen and oxygen atoms in total. The number of aromatic nitrogens is 4. The molecule has 24 heavy (non-hydrogen) atoms. The van der Waals surface area contributed by atoms with Crippen LogP contribution in [0.25, 0.3) is 0 Å². The van der Waals surface area contributed by atoms with Crippen molar-refractivity contribution >= 4 is 17.5 Å². The topological polar surface area (TPSA) is 138 Å². The summed E-state index contributed by atoms with van der Waals surface area (Å²) >= 11 is 5.76. The van der Waals surface area contributed by atoms with Gasteiger partial charge in [0, 0.05) is 30.9 Å². The van der Waals surface area contributed by atoms with Gasteiger partial charge in [-0.1, -0.05) is 17.7 Å². The third-order valence-electron chi connectivity index (χ3n) is 3.18. The first-order valence-corrected chi connectivity index (χ1v) is 7.27. The molecule has 1 aliphatic heterocycles. The van der Waals surface area contributed by atoms with Crippen LogP contribution in [0.1, 0.15) is 5.56 Å². The van der Waals surface area contributed by atoms with Crippen LogP contribution in [0.4, 0.5) is 5.95 Å². The van der Waals surface area contributed by atoms with Crippen molar-refractivity contribution in [2.75, 3.05) is 13.1 Å². The molecule has 0 radical (unpaired) electrons. The predicted molar refractivity (Wildman–Crippen MR) is 82.6 cm³/mol. The van der Waals surface area contributed by atoms with Gasteiger partial charge in [-0.25, -0.2) is 4.98 Å². The molecule has 0 unspecified atom stereocenters. The van der Waals surface area contributed by atoms with E-state index in [4.69, 9.17) is 11.6 Å². The molecule has 12 heteroatoms. The van der Waals surface area contributed by atoms with E-state index in [1.54, 1.807) is 17.2 Å². The standard InChI is InChI=1S/C12H12ClN9O2/c13-9-2-1-8(5-15-9)6-21-4-3-14-10(21)11(22(23)24)18-20-12-16-7-17-19-12/h1-2,5,7,14H,3-4,6H2,(H,16,17,19)/b11-10+,20-18+. The number of nitrogens with one attached hydrogen (secondary N) is 2. The molecule has 3 heterocycles. The zero-order valence-electron chi connectivity index (χ0n) is 12.3. The highest BCUT2D eigenvalue weighted by Crippen LogP contribution is 2.19. The SMILES string of the molecule is O=[N+]([O-])C(/N=N/c1nnc[nH]1)=C1\NCCN1Cc1ccc(Cl)nc1. The van der Waals surface area contributed by atoms with Crippen LogP contribution in [0, 0.1) is 10.1 Å². The Kier molecular flexibility index (Phi) is 4.61. The van der Waals surface area contributed by atoms with Crippen LogP contribution in [-0.4, -0.2) is 43.1 Å². The van der Waals surface area contributed by atoms with Crippen LogP contribution in [0.2, 0.25) is 5.15 Å². The number of hydrogen-bond acceptors (Lipinski definition) is 9. The van der Waals surface area contributed by atoms with Crippen molar-refractivity contribution in [1.29, 1.82) is 0 Å². The molecule has 3 rings (SSSR count). The summed E-state index contributed by atoms with van der Waals surface area (Å²) in [4.78, 5) is 19.1. The predicted octanol–water partition coefficient (Wildman–Crippen LogP) is 1.45. The summed E-state index contributed by atoms with van der Waals surface area (Å²) in [6.45, 7) is 1.58. The van der Waals surface area contributed by atoms with E-state index in [1.165, 1.54) is 6.33 Å². The van der Waals surface area contributed by atoms with Crippen LogP contribution >= 0.6 is 11.6 Å². The number of rotatable bonds is 5. The summed E-state index contributed by atoms with van der Waals surface area (Å²) in [7, 11) is 0. The van der Waals surface area contributed by atoms with Crippen molar-refractivity contribution in [3.05, 3.63) is 57.1 Å². The van der Waals surface area contributed by atoms with Gasteiger partial charge in [0.2, 0.25) is 5.82 Å². The third-order valence-corrected chi connectivity index (χ3v) is 3.40. The summed E-state index contributed by atoms with van der Waals surface area (Å²) in [5.74, 6) is -0.0227. The lowest BCUT2D eigenvalue weighted by molar-refractivity contribution is -0.429. The summed E-state index contributed by atoms with van der Waals surface area (Å²) in [5.41, 5.74) is 0.871. The summed E-state index contributed by atoms with van der Waals surface area (Å²) in [5, 5.41) is 29.2. The Morgan fingerprint density at radius 1 is 1.50 bits per heavy atom. The molecule has 0 aliphatic carbocycles. The van der Waals surface area contributed by atoms with E-state index >= 15 is 0 Å². The van der Waals surface area contributed by atoms with E-state index in [9.17, 15) is 10.1 Å². The number of hydrogen-bond donors (Lipinski definition) is 2. The Balaban J connectivity index is 1.85.